The number of anilines is 1. The van der Waals surface area contributed by atoms with Gasteiger partial charge in [0, 0.05) is 29.7 Å². The van der Waals surface area contributed by atoms with Crippen LogP contribution in [0.3, 0.4) is 0 Å². The summed E-state index contributed by atoms with van der Waals surface area (Å²) in [6.45, 7) is 0.165. The van der Waals surface area contributed by atoms with Crippen LogP contribution in [0.15, 0.2) is 66.7 Å². The number of esters is 1. The van der Waals surface area contributed by atoms with Crippen LogP contribution >= 0.6 is 0 Å². The van der Waals surface area contributed by atoms with Crippen LogP contribution in [-0.2, 0) is 32.3 Å². The van der Waals surface area contributed by atoms with E-state index in [1.54, 1.807) is 18.2 Å². The van der Waals surface area contributed by atoms with Gasteiger partial charge < -0.3 is 23.8 Å². The van der Waals surface area contributed by atoms with Gasteiger partial charge in [0.2, 0.25) is 12.2 Å². The number of hydrogen-bond acceptors (Lipinski definition) is 6. The average Bonchev–Trinajstić information content (AvgIpc) is 3.28. The van der Waals surface area contributed by atoms with E-state index in [9.17, 15) is 14.0 Å². The molecule has 2 heterocycles. The highest BCUT2D eigenvalue weighted by Gasteiger charge is 2.37. The van der Waals surface area contributed by atoms with Crippen LogP contribution in [0.1, 0.15) is 29.4 Å². The normalized spacial score (nSPS) is 19.1. The van der Waals surface area contributed by atoms with Crippen molar-refractivity contribution in [2.75, 3.05) is 18.6 Å². The number of rotatable bonds is 6. The summed E-state index contributed by atoms with van der Waals surface area (Å²) in [5.74, 6) is -0.839. The van der Waals surface area contributed by atoms with E-state index in [-0.39, 0.29) is 32.1 Å². The van der Waals surface area contributed by atoms with E-state index in [1.807, 2.05) is 36.4 Å². The number of carbonyl (C=O) groups excluding carboxylic acids is 2. The minimum atomic E-state index is -0.648. The van der Waals surface area contributed by atoms with E-state index in [1.165, 1.54) is 24.1 Å². The maximum atomic E-state index is 14.2. The molecule has 0 saturated carbocycles. The molecular weight excluding hydrogens is 453 g/mol. The molecule has 2 aliphatic heterocycles. The number of nitrogens with zero attached hydrogens (tertiary/aromatic N) is 1. The van der Waals surface area contributed by atoms with Crippen molar-refractivity contribution in [1.82, 2.24) is 0 Å². The largest absolute Gasteiger partial charge is 0.495 e. The van der Waals surface area contributed by atoms with Crippen LogP contribution in [0.5, 0.6) is 11.5 Å². The number of benzene rings is 3. The van der Waals surface area contributed by atoms with E-state index in [0.29, 0.717) is 28.3 Å². The molecule has 0 radical (unpaired) electrons. The summed E-state index contributed by atoms with van der Waals surface area (Å²) in [6.07, 6.45) is -0.621. The van der Waals surface area contributed by atoms with E-state index in [0.717, 1.165) is 5.56 Å². The predicted molar refractivity (Wildman–Crippen MR) is 124 cm³/mol. The number of methoxy groups -OCH3 is 1. The number of ether oxygens (including phenoxy) is 4. The maximum Gasteiger partial charge on any atom is 0.311 e. The molecule has 1 amide bonds. The Labute approximate surface area is 202 Å². The van der Waals surface area contributed by atoms with Gasteiger partial charge in [-0.15, -0.1) is 0 Å². The van der Waals surface area contributed by atoms with Crippen LogP contribution < -0.4 is 14.4 Å². The number of amides is 1. The van der Waals surface area contributed by atoms with Crippen molar-refractivity contribution in [3.05, 3.63) is 89.2 Å². The van der Waals surface area contributed by atoms with E-state index < -0.39 is 24.0 Å². The molecule has 0 bridgehead atoms. The Morgan fingerprint density at radius 2 is 1.89 bits per heavy atom. The molecule has 0 aliphatic carbocycles. The number of hydrogen-bond donors (Lipinski definition) is 0. The fourth-order valence-corrected chi connectivity index (χ4v) is 4.38. The summed E-state index contributed by atoms with van der Waals surface area (Å²) in [6, 6.07) is 19.2. The zero-order valence-corrected chi connectivity index (χ0v) is 19.1. The molecule has 0 unspecified atom stereocenters. The van der Waals surface area contributed by atoms with E-state index in [2.05, 4.69) is 0 Å². The van der Waals surface area contributed by atoms with Gasteiger partial charge in [-0.25, -0.2) is 4.39 Å². The summed E-state index contributed by atoms with van der Waals surface area (Å²) in [7, 11) is 1.53. The zero-order valence-electron chi connectivity index (χ0n) is 19.1. The van der Waals surface area contributed by atoms with Crippen LogP contribution in [0.2, 0.25) is 0 Å². The summed E-state index contributed by atoms with van der Waals surface area (Å²) in [4.78, 5) is 27.0. The summed E-state index contributed by atoms with van der Waals surface area (Å²) in [5.41, 5.74) is 2.38. The summed E-state index contributed by atoms with van der Waals surface area (Å²) >= 11 is 0. The third-order valence-corrected chi connectivity index (χ3v) is 6.10. The minimum absolute atomic E-state index is 0.0264. The number of para-hydroxylation sites is 2. The van der Waals surface area contributed by atoms with Crippen LogP contribution in [0.25, 0.3) is 0 Å². The van der Waals surface area contributed by atoms with Gasteiger partial charge >= 0.3 is 5.97 Å². The Kier molecular flexibility index (Phi) is 6.37. The van der Waals surface area contributed by atoms with Crippen molar-refractivity contribution in [1.29, 1.82) is 0 Å². The van der Waals surface area contributed by atoms with E-state index >= 15 is 0 Å². The molecule has 3 aromatic carbocycles. The first-order chi connectivity index (χ1) is 17.0. The predicted octanol–water partition coefficient (Wildman–Crippen LogP) is 4.54. The third kappa shape index (κ3) is 4.70. The molecular formula is C27H24FNO6. The lowest BCUT2D eigenvalue weighted by molar-refractivity contribution is -0.150. The van der Waals surface area contributed by atoms with Crippen LogP contribution in [0.4, 0.5) is 10.1 Å². The number of fused-ring (bicyclic) bond motifs is 1. The Balaban J connectivity index is 1.28. The Morgan fingerprint density at radius 3 is 2.69 bits per heavy atom. The standard InChI is InChI=1S/C27H24FNO6/c1-32-23-10-6-5-9-22(23)29-14-18(13-24(29)30)26(31)33-15-19-11-21(28)12-20-16-34-27(35-25(19)20)17-7-3-2-4-8-17/h2-12,18,27H,13-16H2,1H3/t18-,27+/m1/s1. The molecule has 7 nitrogen and oxygen atoms in total. The molecule has 5 rings (SSSR count). The second-order valence-corrected chi connectivity index (χ2v) is 8.41. The van der Waals surface area contributed by atoms with Gasteiger partial charge in [0.1, 0.15) is 23.9 Å². The third-order valence-electron chi connectivity index (χ3n) is 6.10. The van der Waals surface area contributed by atoms with Crippen molar-refractivity contribution in [2.45, 2.75) is 25.9 Å². The highest BCUT2D eigenvalue weighted by atomic mass is 19.1. The first-order valence-electron chi connectivity index (χ1n) is 11.3. The van der Waals surface area contributed by atoms with Crippen LogP contribution in [-0.4, -0.2) is 25.5 Å². The van der Waals surface area contributed by atoms with Gasteiger partial charge in [0.05, 0.1) is 25.3 Å². The van der Waals surface area contributed by atoms with Crippen molar-refractivity contribution in [3.63, 3.8) is 0 Å². The van der Waals surface area contributed by atoms with Gasteiger partial charge in [-0.3, -0.25) is 9.59 Å². The smallest absolute Gasteiger partial charge is 0.311 e. The fourth-order valence-electron chi connectivity index (χ4n) is 4.38. The Hall–Kier alpha value is -3.91. The van der Waals surface area contributed by atoms with Gasteiger partial charge in [0.25, 0.3) is 0 Å². The lowest BCUT2D eigenvalue weighted by Gasteiger charge is -2.28. The van der Waals surface area contributed by atoms with Gasteiger partial charge in [-0.1, -0.05) is 42.5 Å². The number of carbonyl (C=O) groups is 2. The highest BCUT2D eigenvalue weighted by Crippen LogP contribution is 2.37. The highest BCUT2D eigenvalue weighted by molar-refractivity contribution is 6.00. The molecule has 0 aromatic heterocycles. The zero-order chi connectivity index (χ0) is 24.4. The molecule has 35 heavy (non-hydrogen) atoms. The van der Waals surface area contributed by atoms with Crippen LogP contribution in [0, 0.1) is 11.7 Å². The molecule has 1 fully saturated rings. The fraction of sp³-hybridized carbons (Fsp3) is 0.259. The second kappa shape index (κ2) is 9.76. The minimum Gasteiger partial charge on any atom is -0.495 e. The molecule has 2 aliphatic rings. The SMILES string of the molecule is COc1ccccc1N1C[C@H](C(=O)OCc2cc(F)cc3c2O[C@@H](c2ccccc2)OC3)CC1=O. The maximum absolute atomic E-state index is 14.2. The van der Waals surface area contributed by atoms with Gasteiger partial charge in [-0.2, -0.15) is 0 Å². The molecule has 1 saturated heterocycles. The molecule has 2 atom stereocenters. The summed E-state index contributed by atoms with van der Waals surface area (Å²) < 4.78 is 36.9. The lowest BCUT2D eigenvalue weighted by Crippen LogP contribution is -2.27. The monoisotopic (exact) mass is 477 g/mol. The quantitative estimate of drug-likeness (QED) is 0.486. The first-order valence-corrected chi connectivity index (χ1v) is 11.3. The summed E-state index contributed by atoms with van der Waals surface area (Å²) in [5, 5.41) is 0. The molecule has 8 heteroatoms. The van der Waals surface area contributed by atoms with Crippen molar-refractivity contribution >= 4 is 17.6 Å². The topological polar surface area (TPSA) is 74.3 Å². The van der Waals surface area contributed by atoms with Gasteiger partial charge in [-0.05, 0) is 24.3 Å². The lowest BCUT2D eigenvalue weighted by atomic mass is 10.1. The average molecular weight is 477 g/mol. The first kappa shape index (κ1) is 22.9. The van der Waals surface area contributed by atoms with Crippen molar-refractivity contribution in [3.8, 4) is 11.5 Å². The van der Waals surface area contributed by atoms with Crippen molar-refractivity contribution < 1.29 is 32.9 Å². The molecule has 180 valence electrons. The molecule has 0 N–H and O–H groups in total. The molecule has 3 aromatic rings. The van der Waals surface area contributed by atoms with Crippen molar-refractivity contribution in [2.24, 2.45) is 5.92 Å². The number of halogens is 1. The second-order valence-electron chi connectivity index (χ2n) is 8.41. The van der Waals surface area contributed by atoms with Gasteiger partial charge in [0.15, 0.2) is 0 Å². The Morgan fingerprint density at radius 1 is 1.11 bits per heavy atom. The van der Waals surface area contributed by atoms with E-state index in [4.69, 9.17) is 18.9 Å². The Bertz CT molecular complexity index is 1250. The molecule has 0 spiro atoms.